The van der Waals surface area contributed by atoms with Crippen LogP contribution in [0, 0.1) is 11.7 Å². The first-order valence-electron chi connectivity index (χ1n) is 9.28. The Bertz CT molecular complexity index is 759. The van der Waals surface area contributed by atoms with E-state index in [1.165, 1.54) is 6.07 Å². The summed E-state index contributed by atoms with van der Waals surface area (Å²) in [5, 5.41) is 4.42. The highest BCUT2D eigenvalue weighted by Gasteiger charge is 2.27. The molecule has 0 unspecified atom stereocenters. The number of nitrogens with zero attached hydrogens (tertiary/aromatic N) is 3. The third kappa shape index (κ3) is 4.23. The highest BCUT2D eigenvalue weighted by Crippen LogP contribution is 2.22. The molecule has 140 valence electrons. The number of aryl methyl sites for hydroxylation is 2. The van der Waals surface area contributed by atoms with E-state index in [2.05, 4.69) is 12.0 Å². The lowest BCUT2D eigenvalue weighted by Gasteiger charge is -2.32. The molecule has 0 aliphatic carbocycles. The van der Waals surface area contributed by atoms with E-state index in [0.717, 1.165) is 37.9 Å². The van der Waals surface area contributed by atoms with Gasteiger partial charge in [0.05, 0.1) is 12.3 Å². The Hall–Kier alpha value is -2.37. The predicted molar refractivity (Wildman–Crippen MR) is 97.7 cm³/mol. The van der Waals surface area contributed by atoms with Gasteiger partial charge in [0.1, 0.15) is 5.69 Å². The standard InChI is InChI=1S/C20H26FN3O2/c1-3-7-16-12-18(23(2)22-16)20(25)24-11-6-8-15(13-24)14-26-19-10-5-4-9-17(19)21/h4-5,9-10,12,15H,3,6-8,11,13-14H2,1-2H3/t15-/m1/s1. The van der Waals surface area contributed by atoms with Gasteiger partial charge in [-0.25, -0.2) is 4.39 Å². The molecule has 26 heavy (non-hydrogen) atoms. The molecular formula is C20H26FN3O2. The van der Waals surface area contributed by atoms with Crippen LogP contribution in [-0.2, 0) is 13.5 Å². The Morgan fingerprint density at radius 1 is 1.38 bits per heavy atom. The summed E-state index contributed by atoms with van der Waals surface area (Å²) < 4.78 is 21.0. The zero-order valence-corrected chi connectivity index (χ0v) is 15.4. The van der Waals surface area contributed by atoms with Gasteiger partial charge < -0.3 is 9.64 Å². The molecule has 1 aliphatic rings. The molecule has 1 atom stereocenters. The molecule has 1 aromatic heterocycles. The van der Waals surface area contributed by atoms with Gasteiger partial charge in [-0.2, -0.15) is 5.10 Å². The Labute approximate surface area is 153 Å². The summed E-state index contributed by atoms with van der Waals surface area (Å²) in [7, 11) is 1.81. The molecule has 1 amide bonds. The number of aromatic nitrogens is 2. The number of hydrogen-bond donors (Lipinski definition) is 0. The molecule has 0 bridgehead atoms. The summed E-state index contributed by atoms with van der Waals surface area (Å²) in [4.78, 5) is 14.7. The van der Waals surface area contributed by atoms with E-state index in [1.807, 2.05) is 18.0 Å². The molecule has 1 aromatic carbocycles. The smallest absolute Gasteiger partial charge is 0.272 e. The van der Waals surface area contributed by atoms with Gasteiger partial charge in [0.25, 0.3) is 5.91 Å². The maximum absolute atomic E-state index is 13.7. The van der Waals surface area contributed by atoms with E-state index in [9.17, 15) is 9.18 Å². The highest BCUT2D eigenvalue weighted by atomic mass is 19.1. The van der Waals surface area contributed by atoms with Gasteiger partial charge in [0, 0.05) is 26.1 Å². The van der Waals surface area contributed by atoms with E-state index < -0.39 is 0 Å². The zero-order chi connectivity index (χ0) is 18.5. The van der Waals surface area contributed by atoms with Crippen molar-refractivity contribution in [2.24, 2.45) is 13.0 Å². The second-order valence-corrected chi connectivity index (χ2v) is 6.90. The SMILES string of the molecule is CCCc1cc(C(=O)N2CCC[C@@H](COc3ccccc3F)C2)n(C)n1. The van der Waals surface area contributed by atoms with Gasteiger partial charge in [0.15, 0.2) is 11.6 Å². The normalized spacial score (nSPS) is 17.3. The fourth-order valence-electron chi connectivity index (χ4n) is 3.42. The molecule has 0 spiro atoms. The van der Waals surface area contributed by atoms with Crippen molar-refractivity contribution in [3.8, 4) is 5.75 Å². The number of carbonyl (C=O) groups excluding carboxylic acids is 1. The highest BCUT2D eigenvalue weighted by molar-refractivity contribution is 5.92. The molecule has 1 saturated heterocycles. The molecule has 0 saturated carbocycles. The molecule has 0 radical (unpaired) electrons. The molecule has 1 fully saturated rings. The summed E-state index contributed by atoms with van der Waals surface area (Å²) in [6.07, 6.45) is 3.78. The molecule has 2 heterocycles. The van der Waals surface area contributed by atoms with E-state index in [1.54, 1.807) is 22.9 Å². The predicted octanol–water partition coefficient (Wildman–Crippen LogP) is 3.44. The Morgan fingerprint density at radius 2 is 2.19 bits per heavy atom. The number of hydrogen-bond acceptors (Lipinski definition) is 3. The average Bonchev–Trinajstić information content (AvgIpc) is 3.01. The minimum Gasteiger partial charge on any atom is -0.490 e. The van der Waals surface area contributed by atoms with Gasteiger partial charge >= 0.3 is 0 Å². The van der Waals surface area contributed by atoms with Crippen LogP contribution in [0.4, 0.5) is 4.39 Å². The average molecular weight is 359 g/mol. The third-order valence-electron chi connectivity index (χ3n) is 4.77. The summed E-state index contributed by atoms with van der Waals surface area (Å²) in [5.74, 6) is 0.134. The van der Waals surface area contributed by atoms with E-state index in [0.29, 0.717) is 18.8 Å². The number of ether oxygens (including phenoxy) is 1. The van der Waals surface area contributed by atoms with E-state index in [-0.39, 0.29) is 23.4 Å². The quantitative estimate of drug-likeness (QED) is 0.794. The van der Waals surface area contributed by atoms with Crippen LogP contribution in [0.1, 0.15) is 42.4 Å². The largest absolute Gasteiger partial charge is 0.490 e. The van der Waals surface area contributed by atoms with E-state index in [4.69, 9.17) is 4.74 Å². The van der Waals surface area contributed by atoms with Crippen molar-refractivity contribution in [3.05, 3.63) is 47.5 Å². The van der Waals surface area contributed by atoms with Crippen LogP contribution in [0.15, 0.2) is 30.3 Å². The number of halogens is 1. The molecule has 0 N–H and O–H groups in total. The number of carbonyl (C=O) groups is 1. The van der Waals surface area contributed by atoms with Crippen molar-refractivity contribution < 1.29 is 13.9 Å². The van der Waals surface area contributed by atoms with Crippen molar-refractivity contribution in [2.75, 3.05) is 19.7 Å². The van der Waals surface area contributed by atoms with Crippen LogP contribution in [0.25, 0.3) is 0 Å². The molecule has 5 nitrogen and oxygen atoms in total. The van der Waals surface area contributed by atoms with Crippen molar-refractivity contribution in [3.63, 3.8) is 0 Å². The lowest BCUT2D eigenvalue weighted by atomic mass is 9.98. The Kier molecular flexibility index (Phi) is 5.91. The van der Waals surface area contributed by atoms with Crippen LogP contribution in [0.2, 0.25) is 0 Å². The minimum atomic E-state index is -0.352. The summed E-state index contributed by atoms with van der Waals surface area (Å²) >= 11 is 0. The number of likely N-dealkylation sites (tertiary alicyclic amines) is 1. The summed E-state index contributed by atoms with van der Waals surface area (Å²) in [6, 6.07) is 8.31. The number of benzene rings is 1. The summed E-state index contributed by atoms with van der Waals surface area (Å²) in [6.45, 7) is 3.88. The Balaban J connectivity index is 1.61. The first-order valence-corrected chi connectivity index (χ1v) is 9.28. The monoisotopic (exact) mass is 359 g/mol. The molecule has 6 heteroatoms. The van der Waals surface area contributed by atoms with Crippen molar-refractivity contribution in [2.45, 2.75) is 32.6 Å². The zero-order valence-electron chi connectivity index (χ0n) is 15.4. The fourth-order valence-corrected chi connectivity index (χ4v) is 3.42. The van der Waals surface area contributed by atoms with Gasteiger partial charge in [-0.1, -0.05) is 25.5 Å². The van der Waals surface area contributed by atoms with Crippen LogP contribution < -0.4 is 4.74 Å². The number of amides is 1. The topological polar surface area (TPSA) is 47.4 Å². The first kappa shape index (κ1) is 18.4. The Morgan fingerprint density at radius 3 is 2.96 bits per heavy atom. The second-order valence-electron chi connectivity index (χ2n) is 6.90. The second kappa shape index (κ2) is 8.34. The van der Waals surface area contributed by atoms with Gasteiger partial charge in [-0.15, -0.1) is 0 Å². The van der Waals surface area contributed by atoms with Crippen LogP contribution in [0.3, 0.4) is 0 Å². The van der Waals surface area contributed by atoms with E-state index >= 15 is 0 Å². The maximum atomic E-state index is 13.7. The lowest BCUT2D eigenvalue weighted by Crippen LogP contribution is -2.42. The van der Waals surface area contributed by atoms with Crippen molar-refractivity contribution in [1.29, 1.82) is 0 Å². The fraction of sp³-hybridized carbons (Fsp3) is 0.500. The first-order chi connectivity index (χ1) is 12.6. The summed E-state index contributed by atoms with van der Waals surface area (Å²) in [5.41, 5.74) is 1.58. The molecule has 3 rings (SSSR count). The maximum Gasteiger partial charge on any atom is 0.272 e. The molecular weight excluding hydrogens is 333 g/mol. The van der Waals surface area contributed by atoms with Crippen molar-refractivity contribution in [1.82, 2.24) is 14.7 Å². The molecule has 1 aliphatic heterocycles. The minimum absolute atomic E-state index is 0.0120. The van der Waals surface area contributed by atoms with Crippen LogP contribution in [-0.4, -0.2) is 40.3 Å². The van der Waals surface area contributed by atoms with Gasteiger partial charge in [-0.05, 0) is 37.5 Å². The van der Waals surface area contributed by atoms with Gasteiger partial charge in [-0.3, -0.25) is 9.48 Å². The van der Waals surface area contributed by atoms with Crippen LogP contribution in [0.5, 0.6) is 5.75 Å². The number of piperidine rings is 1. The number of para-hydroxylation sites is 1. The lowest BCUT2D eigenvalue weighted by molar-refractivity contribution is 0.0620. The molecule has 2 aromatic rings. The third-order valence-corrected chi connectivity index (χ3v) is 4.77. The van der Waals surface area contributed by atoms with Crippen molar-refractivity contribution >= 4 is 5.91 Å². The van der Waals surface area contributed by atoms with Gasteiger partial charge in [0.2, 0.25) is 0 Å². The number of rotatable bonds is 6. The van der Waals surface area contributed by atoms with Crippen LogP contribution >= 0.6 is 0 Å².